The van der Waals surface area contributed by atoms with Crippen molar-refractivity contribution in [1.82, 2.24) is 4.90 Å². The van der Waals surface area contributed by atoms with Gasteiger partial charge in [0.15, 0.2) is 0 Å². The standard InChI is InChI=1S/C8H15NO/c1-9-6-2-3-7(9)8(10)4-5-8/h7,10H,2-6H2,1H3/t7-/m1/s1. The van der Waals surface area contributed by atoms with Crippen molar-refractivity contribution in [3.63, 3.8) is 0 Å². The van der Waals surface area contributed by atoms with Crippen molar-refractivity contribution in [3.05, 3.63) is 0 Å². The third kappa shape index (κ3) is 0.867. The molecule has 0 aromatic heterocycles. The summed E-state index contributed by atoms with van der Waals surface area (Å²) in [5, 5.41) is 9.76. The van der Waals surface area contributed by atoms with Gasteiger partial charge in [-0.05, 0) is 39.3 Å². The molecule has 1 saturated carbocycles. The molecule has 2 fully saturated rings. The first-order valence-electron chi connectivity index (χ1n) is 4.15. The normalized spacial score (nSPS) is 38.4. The van der Waals surface area contributed by atoms with Crippen molar-refractivity contribution in [3.8, 4) is 0 Å². The smallest absolute Gasteiger partial charge is 0.0804 e. The Morgan fingerprint density at radius 1 is 1.50 bits per heavy atom. The Bertz CT molecular complexity index is 142. The van der Waals surface area contributed by atoms with Crippen LogP contribution in [0.2, 0.25) is 0 Å². The fourth-order valence-corrected chi connectivity index (χ4v) is 2.05. The fourth-order valence-electron chi connectivity index (χ4n) is 2.05. The zero-order chi connectivity index (χ0) is 7.19. The molecule has 0 spiro atoms. The molecule has 10 heavy (non-hydrogen) atoms. The van der Waals surface area contributed by atoms with E-state index in [0.29, 0.717) is 6.04 Å². The van der Waals surface area contributed by atoms with Crippen molar-refractivity contribution in [2.75, 3.05) is 13.6 Å². The molecule has 1 aliphatic carbocycles. The van der Waals surface area contributed by atoms with Crippen LogP contribution < -0.4 is 0 Å². The van der Waals surface area contributed by atoms with E-state index < -0.39 is 0 Å². The molecule has 1 saturated heterocycles. The second kappa shape index (κ2) is 1.95. The van der Waals surface area contributed by atoms with Crippen LogP contribution >= 0.6 is 0 Å². The first-order valence-corrected chi connectivity index (χ1v) is 4.15. The Labute approximate surface area is 61.8 Å². The van der Waals surface area contributed by atoms with Gasteiger partial charge in [-0.2, -0.15) is 0 Å². The Morgan fingerprint density at radius 3 is 2.60 bits per heavy atom. The van der Waals surface area contributed by atoms with Crippen molar-refractivity contribution in [2.45, 2.75) is 37.3 Å². The fraction of sp³-hybridized carbons (Fsp3) is 1.00. The molecule has 0 aromatic carbocycles. The highest BCUT2D eigenvalue weighted by molar-refractivity contribution is 5.05. The van der Waals surface area contributed by atoms with E-state index in [1.54, 1.807) is 0 Å². The summed E-state index contributed by atoms with van der Waals surface area (Å²) in [5.74, 6) is 0. The monoisotopic (exact) mass is 141 g/mol. The minimum Gasteiger partial charge on any atom is -0.388 e. The maximum atomic E-state index is 9.76. The molecular weight excluding hydrogens is 126 g/mol. The number of rotatable bonds is 1. The van der Waals surface area contributed by atoms with Crippen molar-refractivity contribution in [1.29, 1.82) is 0 Å². The predicted octanol–water partition coefficient (Wildman–Crippen LogP) is 0.605. The van der Waals surface area contributed by atoms with Crippen LogP contribution in [0.15, 0.2) is 0 Å². The van der Waals surface area contributed by atoms with Crippen LogP contribution in [0.1, 0.15) is 25.7 Å². The molecule has 1 N–H and O–H groups in total. The van der Waals surface area contributed by atoms with Gasteiger partial charge in [0.1, 0.15) is 0 Å². The molecule has 1 heterocycles. The number of aliphatic hydroxyl groups is 1. The molecule has 0 aromatic rings. The minimum atomic E-state index is -0.273. The summed E-state index contributed by atoms with van der Waals surface area (Å²) in [6.07, 6.45) is 4.53. The lowest BCUT2D eigenvalue weighted by molar-refractivity contribution is 0.0631. The average molecular weight is 141 g/mol. The Morgan fingerprint density at radius 2 is 2.20 bits per heavy atom. The zero-order valence-corrected chi connectivity index (χ0v) is 6.51. The van der Waals surface area contributed by atoms with Crippen LogP contribution in [-0.2, 0) is 0 Å². The van der Waals surface area contributed by atoms with Gasteiger partial charge in [0.2, 0.25) is 0 Å². The third-order valence-corrected chi connectivity index (χ3v) is 2.90. The molecule has 2 nitrogen and oxygen atoms in total. The van der Waals surface area contributed by atoms with Crippen molar-refractivity contribution >= 4 is 0 Å². The van der Waals surface area contributed by atoms with E-state index in [4.69, 9.17) is 0 Å². The predicted molar refractivity (Wildman–Crippen MR) is 39.8 cm³/mol. The van der Waals surface area contributed by atoms with Crippen LogP contribution in [0.4, 0.5) is 0 Å². The van der Waals surface area contributed by atoms with Crippen LogP contribution in [0.5, 0.6) is 0 Å². The molecule has 2 heteroatoms. The van der Waals surface area contributed by atoms with Crippen LogP contribution in [-0.4, -0.2) is 35.2 Å². The minimum absolute atomic E-state index is 0.273. The van der Waals surface area contributed by atoms with E-state index in [0.717, 1.165) is 12.8 Å². The molecule has 1 atom stereocenters. The summed E-state index contributed by atoms with van der Waals surface area (Å²) in [5.41, 5.74) is -0.273. The molecule has 58 valence electrons. The lowest BCUT2D eigenvalue weighted by Gasteiger charge is -2.24. The highest BCUT2D eigenvalue weighted by Gasteiger charge is 2.50. The number of likely N-dealkylation sites (tertiary alicyclic amines) is 1. The SMILES string of the molecule is CN1CCC[C@@H]1C1(O)CC1. The lowest BCUT2D eigenvalue weighted by Crippen LogP contribution is -2.37. The number of hydrogen-bond acceptors (Lipinski definition) is 2. The summed E-state index contributed by atoms with van der Waals surface area (Å²) in [4.78, 5) is 2.30. The number of hydrogen-bond donors (Lipinski definition) is 1. The van der Waals surface area contributed by atoms with Crippen molar-refractivity contribution in [2.24, 2.45) is 0 Å². The second-order valence-electron chi connectivity index (χ2n) is 3.74. The molecule has 0 radical (unpaired) electrons. The van der Waals surface area contributed by atoms with Crippen LogP contribution in [0.3, 0.4) is 0 Å². The Kier molecular flexibility index (Phi) is 1.29. The molecule has 0 bridgehead atoms. The third-order valence-electron chi connectivity index (χ3n) is 2.90. The lowest BCUT2D eigenvalue weighted by atomic mass is 10.1. The molecule has 0 amide bonds. The average Bonchev–Trinajstić information content (AvgIpc) is 2.44. The van der Waals surface area contributed by atoms with Gasteiger partial charge >= 0.3 is 0 Å². The summed E-state index contributed by atoms with van der Waals surface area (Å²) in [6.45, 7) is 1.17. The van der Waals surface area contributed by atoms with Gasteiger partial charge < -0.3 is 10.0 Å². The Balaban J connectivity index is 2.03. The summed E-state index contributed by atoms with van der Waals surface area (Å²) < 4.78 is 0. The van der Waals surface area contributed by atoms with Crippen LogP contribution in [0, 0.1) is 0 Å². The number of likely N-dealkylation sites (N-methyl/N-ethyl adjacent to an activating group) is 1. The van der Waals surface area contributed by atoms with Gasteiger partial charge in [0, 0.05) is 6.04 Å². The van der Waals surface area contributed by atoms with Crippen molar-refractivity contribution < 1.29 is 5.11 Å². The molecule has 0 unspecified atom stereocenters. The maximum Gasteiger partial charge on any atom is 0.0804 e. The second-order valence-corrected chi connectivity index (χ2v) is 3.74. The summed E-state index contributed by atoms with van der Waals surface area (Å²) >= 11 is 0. The van der Waals surface area contributed by atoms with E-state index in [9.17, 15) is 5.11 Å². The Hall–Kier alpha value is -0.0800. The highest BCUT2D eigenvalue weighted by atomic mass is 16.3. The van der Waals surface area contributed by atoms with Crippen LogP contribution in [0.25, 0.3) is 0 Å². The summed E-state index contributed by atoms with van der Waals surface area (Å²) in [6, 6.07) is 0.479. The molecular formula is C8H15NO. The van der Waals surface area contributed by atoms with Gasteiger partial charge in [-0.1, -0.05) is 0 Å². The maximum absolute atomic E-state index is 9.76. The first kappa shape index (κ1) is 6.62. The van der Waals surface area contributed by atoms with E-state index >= 15 is 0 Å². The number of nitrogens with zero attached hydrogens (tertiary/aromatic N) is 1. The van der Waals surface area contributed by atoms with Gasteiger partial charge in [-0.15, -0.1) is 0 Å². The van der Waals surface area contributed by atoms with E-state index in [-0.39, 0.29) is 5.60 Å². The topological polar surface area (TPSA) is 23.5 Å². The molecule has 1 aliphatic heterocycles. The van der Waals surface area contributed by atoms with Gasteiger partial charge in [0.05, 0.1) is 5.60 Å². The van der Waals surface area contributed by atoms with Gasteiger partial charge in [-0.3, -0.25) is 0 Å². The molecule has 2 aliphatic rings. The summed E-state index contributed by atoms with van der Waals surface area (Å²) in [7, 11) is 2.12. The van der Waals surface area contributed by atoms with E-state index in [1.807, 2.05) is 0 Å². The van der Waals surface area contributed by atoms with E-state index in [2.05, 4.69) is 11.9 Å². The highest BCUT2D eigenvalue weighted by Crippen LogP contribution is 2.43. The quantitative estimate of drug-likeness (QED) is 0.578. The zero-order valence-electron chi connectivity index (χ0n) is 6.51. The van der Waals surface area contributed by atoms with Gasteiger partial charge in [-0.25, -0.2) is 0 Å². The molecule has 2 rings (SSSR count). The van der Waals surface area contributed by atoms with Gasteiger partial charge in [0.25, 0.3) is 0 Å². The first-order chi connectivity index (χ1) is 4.72. The van der Waals surface area contributed by atoms with E-state index in [1.165, 1.54) is 19.4 Å². The largest absolute Gasteiger partial charge is 0.388 e.